The van der Waals surface area contributed by atoms with Gasteiger partial charge in [0.2, 0.25) is 0 Å². The van der Waals surface area contributed by atoms with Gasteiger partial charge in [-0.05, 0) is 12.8 Å². The molecule has 226 valence electrons. The van der Waals surface area contributed by atoms with Crippen LogP contribution in [0.4, 0.5) is 0 Å². The third-order valence-corrected chi connectivity index (χ3v) is 8.81. The molecule has 7 nitrogen and oxygen atoms in total. The van der Waals surface area contributed by atoms with E-state index in [-0.39, 0.29) is 25.3 Å². The van der Waals surface area contributed by atoms with Crippen molar-refractivity contribution in [2.45, 2.75) is 142 Å². The Morgan fingerprint density at radius 2 is 1.32 bits per heavy atom. The summed E-state index contributed by atoms with van der Waals surface area (Å²) in [5.41, 5.74) is 0. The molecule has 1 aliphatic heterocycles. The topological polar surface area (TPSA) is 86.5 Å². The fourth-order valence-corrected chi connectivity index (χ4v) is 6.17. The van der Waals surface area contributed by atoms with Crippen molar-refractivity contribution in [2.75, 3.05) is 45.6 Å². The highest BCUT2D eigenvalue weighted by Crippen LogP contribution is 2.41. The minimum Gasteiger partial charge on any atom is -0.457 e. The highest BCUT2D eigenvalue weighted by Gasteiger charge is 2.27. The molecule has 8 heteroatoms. The van der Waals surface area contributed by atoms with E-state index in [2.05, 4.69) is 6.92 Å². The third kappa shape index (κ3) is 21.4. The molecule has 0 aromatic rings. The van der Waals surface area contributed by atoms with Crippen molar-refractivity contribution in [3.63, 3.8) is 0 Å². The molecule has 0 aliphatic carbocycles. The Bertz CT molecular complexity index is 599. The molecule has 0 bridgehead atoms. The molecule has 38 heavy (non-hydrogen) atoms. The second-order valence-corrected chi connectivity index (χ2v) is 13.2. The minimum absolute atomic E-state index is 0.0998. The van der Waals surface area contributed by atoms with Crippen molar-refractivity contribution in [2.24, 2.45) is 0 Å². The lowest BCUT2D eigenvalue weighted by atomic mass is 10.0. The van der Waals surface area contributed by atoms with E-state index in [1.54, 1.807) is 0 Å². The van der Waals surface area contributed by atoms with Crippen molar-refractivity contribution < 1.29 is 33.2 Å². The van der Waals surface area contributed by atoms with E-state index >= 15 is 0 Å². The lowest BCUT2D eigenvalue weighted by Crippen LogP contribution is -3.10. The van der Waals surface area contributed by atoms with E-state index in [4.69, 9.17) is 14.0 Å². The highest BCUT2D eigenvalue weighted by atomic mass is 31.2. The van der Waals surface area contributed by atoms with E-state index in [9.17, 15) is 14.3 Å². The summed E-state index contributed by atoms with van der Waals surface area (Å²) in [5, 5.41) is 0. The third-order valence-electron chi connectivity index (χ3n) is 7.47. The van der Waals surface area contributed by atoms with Crippen molar-refractivity contribution >= 4 is 13.6 Å². The summed E-state index contributed by atoms with van der Waals surface area (Å²) >= 11 is 0. The van der Waals surface area contributed by atoms with Crippen LogP contribution in [0.5, 0.6) is 0 Å². The van der Waals surface area contributed by atoms with Gasteiger partial charge in [0.1, 0.15) is 6.10 Å². The summed E-state index contributed by atoms with van der Waals surface area (Å²) in [4.78, 5) is 23.6. The zero-order chi connectivity index (χ0) is 27.7. The Balaban J connectivity index is 2.07. The Hall–Kier alpha value is -0.460. The minimum atomic E-state index is -3.70. The van der Waals surface area contributed by atoms with Gasteiger partial charge in [0.05, 0.1) is 39.0 Å². The largest absolute Gasteiger partial charge is 0.457 e. The number of hydrogen-bond acceptors (Lipinski definition) is 5. The number of quaternary nitrogens is 1. The first kappa shape index (κ1) is 35.6. The summed E-state index contributed by atoms with van der Waals surface area (Å²) in [7, 11) is -3.70. The van der Waals surface area contributed by atoms with Gasteiger partial charge < -0.3 is 23.8 Å². The predicted molar refractivity (Wildman–Crippen MR) is 156 cm³/mol. The van der Waals surface area contributed by atoms with Crippen molar-refractivity contribution in [1.82, 2.24) is 0 Å². The summed E-state index contributed by atoms with van der Waals surface area (Å²) in [6, 6.07) is 0. The molecule has 0 saturated carbocycles. The van der Waals surface area contributed by atoms with E-state index in [1.807, 2.05) is 6.92 Å². The van der Waals surface area contributed by atoms with Gasteiger partial charge in [-0.3, -0.25) is 9.36 Å². The van der Waals surface area contributed by atoms with E-state index in [0.717, 1.165) is 25.9 Å². The molecular weight excluding hydrogens is 501 g/mol. The van der Waals surface area contributed by atoms with Crippen molar-refractivity contribution in [3.05, 3.63) is 0 Å². The average molecular weight is 563 g/mol. The molecule has 2 unspecified atom stereocenters. The SMILES string of the molecule is CCCCCCCCCCCCCCCCCOCC(COP(=O)(O)CC[NH+]1CCCC1)OC(=O)CCC. The monoisotopic (exact) mass is 562 g/mol. The van der Waals surface area contributed by atoms with E-state index in [1.165, 1.54) is 101 Å². The number of esters is 1. The first-order valence-electron chi connectivity index (χ1n) is 16.0. The summed E-state index contributed by atoms with van der Waals surface area (Å²) in [6.07, 6.45) is 22.7. The molecule has 1 fully saturated rings. The average Bonchev–Trinajstić information content (AvgIpc) is 3.42. The summed E-state index contributed by atoms with van der Waals surface area (Å²) < 4.78 is 29.0. The van der Waals surface area contributed by atoms with Crippen LogP contribution in [0.25, 0.3) is 0 Å². The molecule has 2 N–H and O–H groups in total. The first-order chi connectivity index (χ1) is 18.5. The summed E-state index contributed by atoms with van der Waals surface area (Å²) in [6.45, 7) is 7.66. The number of nitrogens with one attached hydrogen (secondary N) is 1. The van der Waals surface area contributed by atoms with Crippen LogP contribution in [0.1, 0.15) is 136 Å². The molecule has 0 amide bonds. The number of ether oxygens (including phenoxy) is 2. The Morgan fingerprint density at radius 3 is 1.84 bits per heavy atom. The maximum atomic E-state index is 12.5. The Kier molecular flexibility index (Phi) is 22.8. The van der Waals surface area contributed by atoms with Gasteiger partial charge in [0.15, 0.2) is 0 Å². The van der Waals surface area contributed by atoms with Gasteiger partial charge in [-0.25, -0.2) is 0 Å². The highest BCUT2D eigenvalue weighted by molar-refractivity contribution is 7.52. The van der Waals surface area contributed by atoms with Crippen molar-refractivity contribution in [1.29, 1.82) is 0 Å². The lowest BCUT2D eigenvalue weighted by Gasteiger charge is -2.21. The number of rotatable bonds is 27. The molecular formula is C30H61NO6P+. The second-order valence-electron chi connectivity index (χ2n) is 11.3. The van der Waals surface area contributed by atoms with E-state index < -0.39 is 13.7 Å². The molecule has 0 radical (unpaired) electrons. The van der Waals surface area contributed by atoms with Crippen LogP contribution in [0.15, 0.2) is 0 Å². The first-order valence-corrected chi connectivity index (χ1v) is 17.8. The number of carbonyl (C=O) groups excluding carboxylic acids is 1. The number of hydrogen-bond donors (Lipinski definition) is 2. The maximum Gasteiger partial charge on any atom is 0.333 e. The van der Waals surface area contributed by atoms with Gasteiger partial charge in [0, 0.05) is 25.9 Å². The van der Waals surface area contributed by atoms with E-state index in [0.29, 0.717) is 26.0 Å². The van der Waals surface area contributed by atoms with Crippen LogP contribution in [0, 0.1) is 0 Å². The van der Waals surface area contributed by atoms with Gasteiger partial charge in [-0.2, -0.15) is 0 Å². The molecule has 1 heterocycles. The van der Waals surface area contributed by atoms with Crippen LogP contribution < -0.4 is 4.90 Å². The van der Waals surface area contributed by atoms with Gasteiger partial charge in [-0.1, -0.05) is 104 Å². The molecule has 1 rings (SSSR count). The Labute approximate surface area is 234 Å². The number of likely N-dealkylation sites (tertiary alicyclic amines) is 1. The fourth-order valence-electron chi connectivity index (χ4n) is 5.04. The van der Waals surface area contributed by atoms with Gasteiger partial charge >= 0.3 is 13.6 Å². The quantitative estimate of drug-likeness (QED) is 0.0678. The van der Waals surface area contributed by atoms with Crippen LogP contribution in [-0.4, -0.2) is 62.6 Å². The molecule has 1 saturated heterocycles. The van der Waals surface area contributed by atoms with Crippen LogP contribution >= 0.6 is 7.60 Å². The molecule has 0 aromatic carbocycles. The molecule has 0 aromatic heterocycles. The standard InChI is InChI=1S/C30H60NO6P/c1-3-5-6-7-8-9-10-11-12-13-14-15-16-17-20-25-35-27-29(37-30(32)21-4-2)28-36-38(33,34)26-24-31-22-18-19-23-31/h29H,3-28H2,1-2H3,(H,33,34)/p+1. The Morgan fingerprint density at radius 1 is 0.789 bits per heavy atom. The van der Waals surface area contributed by atoms with Crippen LogP contribution in [0.3, 0.4) is 0 Å². The van der Waals surface area contributed by atoms with Crippen molar-refractivity contribution in [3.8, 4) is 0 Å². The smallest absolute Gasteiger partial charge is 0.333 e. The van der Waals surface area contributed by atoms with Gasteiger partial charge in [-0.15, -0.1) is 0 Å². The second kappa shape index (κ2) is 24.3. The molecule has 0 spiro atoms. The van der Waals surface area contributed by atoms with Gasteiger partial charge in [0.25, 0.3) is 0 Å². The zero-order valence-electron chi connectivity index (χ0n) is 24.9. The molecule has 1 aliphatic rings. The predicted octanol–water partition coefficient (Wildman–Crippen LogP) is 6.47. The fraction of sp³-hybridized carbons (Fsp3) is 0.967. The number of carbonyl (C=O) groups is 1. The number of unbranched alkanes of at least 4 members (excludes halogenated alkanes) is 14. The lowest BCUT2D eigenvalue weighted by molar-refractivity contribution is -0.884. The normalized spacial score (nSPS) is 16.5. The maximum absolute atomic E-state index is 12.5. The van der Waals surface area contributed by atoms with Crippen LogP contribution in [-0.2, 0) is 23.4 Å². The zero-order valence-corrected chi connectivity index (χ0v) is 25.8. The molecule has 2 atom stereocenters. The van der Waals surface area contributed by atoms with Crippen LogP contribution in [0.2, 0.25) is 0 Å². The summed E-state index contributed by atoms with van der Waals surface area (Å²) in [5.74, 6) is -0.314.